The Morgan fingerprint density at radius 1 is 1.32 bits per heavy atom. The van der Waals surface area contributed by atoms with E-state index in [0.717, 1.165) is 11.6 Å². The van der Waals surface area contributed by atoms with Crippen molar-refractivity contribution in [1.29, 1.82) is 0 Å². The van der Waals surface area contributed by atoms with Gasteiger partial charge in [-0.15, -0.1) is 0 Å². The maximum Gasteiger partial charge on any atom is 0.337 e. The molecular formula is C15H22N2O2. The lowest BCUT2D eigenvalue weighted by molar-refractivity contribution is 0.0698. The fraction of sp³-hybridized carbons (Fsp3) is 0.533. The van der Waals surface area contributed by atoms with Crippen molar-refractivity contribution in [2.75, 3.05) is 11.1 Å². The van der Waals surface area contributed by atoms with Crippen molar-refractivity contribution in [3.05, 3.63) is 23.8 Å². The van der Waals surface area contributed by atoms with Crippen LogP contribution in [0.4, 0.5) is 11.4 Å². The van der Waals surface area contributed by atoms with Crippen LogP contribution in [0.5, 0.6) is 0 Å². The number of rotatable bonds is 3. The summed E-state index contributed by atoms with van der Waals surface area (Å²) < 4.78 is 0. The van der Waals surface area contributed by atoms with Gasteiger partial charge in [-0.25, -0.2) is 4.79 Å². The molecule has 19 heavy (non-hydrogen) atoms. The molecule has 1 aliphatic carbocycles. The van der Waals surface area contributed by atoms with Crippen LogP contribution in [0.15, 0.2) is 18.2 Å². The van der Waals surface area contributed by atoms with E-state index in [-0.39, 0.29) is 5.56 Å². The number of nitrogens with two attached hydrogens (primary N) is 1. The Morgan fingerprint density at radius 3 is 2.79 bits per heavy atom. The molecule has 0 aliphatic heterocycles. The molecule has 2 rings (SSSR count). The highest BCUT2D eigenvalue weighted by atomic mass is 16.4. The summed E-state index contributed by atoms with van der Waals surface area (Å²) in [5.74, 6) is -0.168. The van der Waals surface area contributed by atoms with Crippen LogP contribution in [0, 0.1) is 5.92 Å². The van der Waals surface area contributed by atoms with E-state index in [0.29, 0.717) is 11.7 Å². The van der Waals surface area contributed by atoms with Crippen LogP contribution in [0.25, 0.3) is 0 Å². The third kappa shape index (κ3) is 3.63. The Morgan fingerprint density at radius 2 is 2.11 bits per heavy atom. The van der Waals surface area contributed by atoms with Gasteiger partial charge in [-0.3, -0.25) is 0 Å². The van der Waals surface area contributed by atoms with Crippen LogP contribution < -0.4 is 11.1 Å². The number of carboxylic acid groups (broad SMARTS) is 1. The monoisotopic (exact) mass is 262 g/mol. The minimum atomic E-state index is -0.979. The van der Waals surface area contributed by atoms with Gasteiger partial charge in [0.1, 0.15) is 0 Å². The summed E-state index contributed by atoms with van der Waals surface area (Å²) >= 11 is 0. The number of carboxylic acids is 1. The molecule has 1 saturated carbocycles. The molecule has 0 heterocycles. The van der Waals surface area contributed by atoms with Crippen molar-refractivity contribution in [3.8, 4) is 0 Å². The molecule has 4 nitrogen and oxygen atoms in total. The predicted molar refractivity (Wildman–Crippen MR) is 77.5 cm³/mol. The molecule has 0 aromatic heterocycles. The van der Waals surface area contributed by atoms with E-state index in [4.69, 9.17) is 10.8 Å². The standard InChI is InChI=1S/C15H22N2O2/c1-10-3-2-4-11(6-5-10)17-12-7-8-13(15(18)19)14(16)9-12/h7-11,17H,2-6,16H2,1H3,(H,18,19). The van der Waals surface area contributed by atoms with Crippen molar-refractivity contribution in [3.63, 3.8) is 0 Å². The van der Waals surface area contributed by atoms with E-state index in [1.165, 1.54) is 32.1 Å². The largest absolute Gasteiger partial charge is 0.478 e. The molecule has 0 spiro atoms. The Kier molecular flexibility index (Phi) is 4.30. The molecule has 4 heteroatoms. The Labute approximate surface area is 114 Å². The van der Waals surface area contributed by atoms with E-state index < -0.39 is 5.97 Å². The topological polar surface area (TPSA) is 75.3 Å². The normalized spacial score (nSPS) is 23.6. The third-order valence-corrected chi connectivity index (χ3v) is 3.91. The fourth-order valence-corrected chi connectivity index (χ4v) is 2.71. The second-order valence-electron chi connectivity index (χ2n) is 5.56. The van der Waals surface area contributed by atoms with Gasteiger partial charge >= 0.3 is 5.97 Å². The number of anilines is 2. The summed E-state index contributed by atoms with van der Waals surface area (Å²) in [6.45, 7) is 2.31. The lowest BCUT2D eigenvalue weighted by Gasteiger charge is -2.18. The van der Waals surface area contributed by atoms with Crippen LogP contribution in [0.3, 0.4) is 0 Å². The second kappa shape index (κ2) is 5.95. The Hall–Kier alpha value is -1.71. The van der Waals surface area contributed by atoms with Gasteiger partial charge in [-0.05, 0) is 43.4 Å². The average Bonchev–Trinajstić information content (AvgIpc) is 2.54. The first kappa shape index (κ1) is 13.7. The fourth-order valence-electron chi connectivity index (χ4n) is 2.71. The molecule has 1 aromatic rings. The van der Waals surface area contributed by atoms with Gasteiger partial charge in [0.2, 0.25) is 0 Å². The number of nitrogen functional groups attached to an aromatic ring is 1. The van der Waals surface area contributed by atoms with E-state index in [1.54, 1.807) is 18.2 Å². The Bertz CT molecular complexity index is 459. The van der Waals surface area contributed by atoms with E-state index >= 15 is 0 Å². The summed E-state index contributed by atoms with van der Waals surface area (Å²) in [5, 5.41) is 12.4. The van der Waals surface area contributed by atoms with Gasteiger partial charge in [0.15, 0.2) is 0 Å². The zero-order chi connectivity index (χ0) is 13.8. The predicted octanol–water partition coefficient (Wildman–Crippen LogP) is 3.35. The molecule has 1 fully saturated rings. The molecule has 0 bridgehead atoms. The summed E-state index contributed by atoms with van der Waals surface area (Å²) in [4.78, 5) is 10.9. The van der Waals surface area contributed by atoms with Crippen molar-refractivity contribution < 1.29 is 9.90 Å². The van der Waals surface area contributed by atoms with Crippen LogP contribution in [0.2, 0.25) is 0 Å². The highest BCUT2D eigenvalue weighted by Gasteiger charge is 2.16. The average molecular weight is 262 g/mol. The summed E-state index contributed by atoms with van der Waals surface area (Å²) in [5.41, 5.74) is 7.16. The lowest BCUT2D eigenvalue weighted by atomic mass is 10.0. The first-order valence-corrected chi connectivity index (χ1v) is 6.95. The minimum absolute atomic E-state index is 0.167. The molecule has 2 unspecified atom stereocenters. The van der Waals surface area contributed by atoms with Crippen LogP contribution in [-0.4, -0.2) is 17.1 Å². The van der Waals surface area contributed by atoms with Crippen molar-refractivity contribution in [2.45, 2.75) is 45.1 Å². The van der Waals surface area contributed by atoms with Gasteiger partial charge < -0.3 is 16.2 Å². The van der Waals surface area contributed by atoms with Gasteiger partial charge in [0.25, 0.3) is 0 Å². The molecule has 0 amide bonds. The minimum Gasteiger partial charge on any atom is -0.478 e. The molecule has 0 saturated heterocycles. The molecule has 4 N–H and O–H groups in total. The summed E-state index contributed by atoms with van der Waals surface area (Å²) in [6, 6.07) is 5.56. The second-order valence-corrected chi connectivity index (χ2v) is 5.56. The van der Waals surface area contributed by atoms with Gasteiger partial charge in [0.05, 0.1) is 5.56 Å². The number of carbonyl (C=O) groups is 1. The number of nitrogens with one attached hydrogen (secondary N) is 1. The molecule has 1 aromatic carbocycles. The molecule has 0 radical (unpaired) electrons. The SMILES string of the molecule is CC1CCCC(Nc2ccc(C(=O)O)c(N)c2)CC1. The van der Waals surface area contributed by atoms with Crippen LogP contribution in [-0.2, 0) is 0 Å². The number of aromatic carboxylic acids is 1. The van der Waals surface area contributed by atoms with Crippen LogP contribution >= 0.6 is 0 Å². The molecule has 104 valence electrons. The van der Waals surface area contributed by atoms with Gasteiger partial charge in [-0.2, -0.15) is 0 Å². The molecular weight excluding hydrogens is 240 g/mol. The van der Waals surface area contributed by atoms with Crippen LogP contribution in [0.1, 0.15) is 49.4 Å². The van der Waals surface area contributed by atoms with Crippen molar-refractivity contribution in [1.82, 2.24) is 0 Å². The quantitative estimate of drug-likeness (QED) is 0.577. The maximum atomic E-state index is 10.9. The Balaban J connectivity index is 2.03. The maximum absolute atomic E-state index is 10.9. The zero-order valence-electron chi connectivity index (χ0n) is 11.4. The number of hydrogen-bond acceptors (Lipinski definition) is 3. The number of benzene rings is 1. The van der Waals surface area contributed by atoms with Gasteiger partial charge in [0, 0.05) is 17.4 Å². The third-order valence-electron chi connectivity index (χ3n) is 3.91. The highest BCUT2D eigenvalue weighted by Crippen LogP contribution is 2.26. The molecule has 1 aliphatic rings. The highest BCUT2D eigenvalue weighted by molar-refractivity contribution is 5.94. The summed E-state index contributed by atoms with van der Waals surface area (Å²) in [7, 11) is 0. The van der Waals surface area contributed by atoms with E-state index in [2.05, 4.69) is 12.2 Å². The van der Waals surface area contributed by atoms with E-state index in [1.807, 2.05) is 0 Å². The lowest BCUT2D eigenvalue weighted by Crippen LogP contribution is -2.18. The van der Waals surface area contributed by atoms with Crippen molar-refractivity contribution >= 4 is 17.3 Å². The summed E-state index contributed by atoms with van der Waals surface area (Å²) in [6.07, 6.45) is 6.15. The van der Waals surface area contributed by atoms with Crippen molar-refractivity contribution in [2.24, 2.45) is 5.92 Å². The van der Waals surface area contributed by atoms with Gasteiger partial charge in [-0.1, -0.05) is 19.8 Å². The first-order valence-electron chi connectivity index (χ1n) is 6.95. The zero-order valence-corrected chi connectivity index (χ0v) is 11.4. The smallest absolute Gasteiger partial charge is 0.337 e. The van der Waals surface area contributed by atoms with E-state index in [9.17, 15) is 4.79 Å². The first-order chi connectivity index (χ1) is 9.06. The molecule has 2 atom stereocenters. The number of hydrogen-bond donors (Lipinski definition) is 3.